The van der Waals surface area contributed by atoms with Crippen molar-refractivity contribution in [2.75, 3.05) is 5.32 Å². The predicted octanol–water partition coefficient (Wildman–Crippen LogP) is 1.91. The first-order valence-electron chi connectivity index (χ1n) is 5.68. The van der Waals surface area contributed by atoms with Crippen LogP contribution in [0.25, 0.3) is 10.4 Å². The standard InChI is InChI=1S/C13H11N3O2S/c14-11(17)9-8-5-6-3-1-2-4-7(6)10(8)19-12(9)16-13(15)18/h1-4H,5H2,(H2,14,17)(H3,15,16,18). The van der Waals surface area contributed by atoms with Crippen LogP contribution in [0.15, 0.2) is 24.3 Å². The summed E-state index contributed by atoms with van der Waals surface area (Å²) in [6.07, 6.45) is 0.653. The molecule has 5 nitrogen and oxygen atoms in total. The number of primary amides is 2. The second kappa shape index (κ2) is 4.10. The van der Waals surface area contributed by atoms with Crippen LogP contribution in [0.3, 0.4) is 0 Å². The monoisotopic (exact) mass is 273 g/mol. The fourth-order valence-corrected chi connectivity index (χ4v) is 3.69. The van der Waals surface area contributed by atoms with E-state index in [9.17, 15) is 9.59 Å². The lowest BCUT2D eigenvalue weighted by Crippen LogP contribution is -2.22. The Kier molecular flexibility index (Phi) is 2.53. The van der Waals surface area contributed by atoms with Gasteiger partial charge in [0.25, 0.3) is 5.91 Å². The lowest BCUT2D eigenvalue weighted by Gasteiger charge is -2.03. The van der Waals surface area contributed by atoms with Crippen LogP contribution in [0.4, 0.5) is 9.80 Å². The third kappa shape index (κ3) is 1.77. The zero-order chi connectivity index (χ0) is 13.6. The van der Waals surface area contributed by atoms with Gasteiger partial charge in [0.1, 0.15) is 5.00 Å². The van der Waals surface area contributed by atoms with Gasteiger partial charge >= 0.3 is 6.03 Å². The van der Waals surface area contributed by atoms with E-state index < -0.39 is 11.9 Å². The summed E-state index contributed by atoms with van der Waals surface area (Å²) in [6, 6.07) is 7.22. The smallest absolute Gasteiger partial charge is 0.317 e. The summed E-state index contributed by atoms with van der Waals surface area (Å²) < 4.78 is 0. The van der Waals surface area contributed by atoms with Gasteiger partial charge in [-0.15, -0.1) is 11.3 Å². The summed E-state index contributed by atoms with van der Waals surface area (Å²) in [6.45, 7) is 0. The van der Waals surface area contributed by atoms with E-state index in [4.69, 9.17) is 11.5 Å². The van der Waals surface area contributed by atoms with Gasteiger partial charge in [-0.05, 0) is 16.7 Å². The maximum Gasteiger partial charge on any atom is 0.317 e. The highest BCUT2D eigenvalue weighted by atomic mass is 32.1. The number of thiophene rings is 1. The molecule has 0 atom stereocenters. The highest BCUT2D eigenvalue weighted by molar-refractivity contribution is 7.20. The first-order valence-corrected chi connectivity index (χ1v) is 6.49. The van der Waals surface area contributed by atoms with Gasteiger partial charge in [0, 0.05) is 11.3 Å². The van der Waals surface area contributed by atoms with Crippen LogP contribution in [0.5, 0.6) is 0 Å². The van der Waals surface area contributed by atoms with Crippen LogP contribution in [0, 0.1) is 0 Å². The van der Waals surface area contributed by atoms with Crippen LogP contribution < -0.4 is 16.8 Å². The fourth-order valence-electron chi connectivity index (χ4n) is 2.40. The molecule has 0 saturated carbocycles. The zero-order valence-electron chi connectivity index (χ0n) is 9.90. The van der Waals surface area contributed by atoms with Crippen molar-refractivity contribution in [2.45, 2.75) is 6.42 Å². The van der Waals surface area contributed by atoms with Crippen molar-refractivity contribution < 1.29 is 9.59 Å². The number of fused-ring (bicyclic) bond motifs is 3. The van der Waals surface area contributed by atoms with Gasteiger partial charge < -0.3 is 11.5 Å². The Bertz CT molecular complexity index is 706. The molecule has 3 amide bonds. The van der Waals surface area contributed by atoms with Crippen molar-refractivity contribution in [3.8, 4) is 10.4 Å². The van der Waals surface area contributed by atoms with Crippen molar-refractivity contribution in [1.82, 2.24) is 0 Å². The Morgan fingerprint density at radius 2 is 1.95 bits per heavy atom. The SMILES string of the molecule is NC(=O)Nc1sc2c(c1C(N)=O)Cc1ccccc1-2. The van der Waals surface area contributed by atoms with Crippen LogP contribution >= 0.6 is 11.3 Å². The molecular formula is C13H11N3O2S. The van der Waals surface area contributed by atoms with E-state index in [-0.39, 0.29) is 0 Å². The van der Waals surface area contributed by atoms with Crippen molar-refractivity contribution in [3.05, 3.63) is 41.0 Å². The Morgan fingerprint density at radius 3 is 2.63 bits per heavy atom. The van der Waals surface area contributed by atoms with Gasteiger partial charge in [0.15, 0.2) is 0 Å². The summed E-state index contributed by atoms with van der Waals surface area (Å²) in [5.74, 6) is -0.547. The van der Waals surface area contributed by atoms with E-state index in [1.165, 1.54) is 11.3 Å². The summed E-state index contributed by atoms with van der Waals surface area (Å²) in [5.41, 5.74) is 14.0. The number of urea groups is 1. The van der Waals surface area contributed by atoms with Gasteiger partial charge in [-0.1, -0.05) is 24.3 Å². The van der Waals surface area contributed by atoms with E-state index in [1.807, 2.05) is 24.3 Å². The molecule has 2 aromatic rings. The van der Waals surface area contributed by atoms with E-state index in [1.54, 1.807) is 0 Å². The molecule has 0 spiro atoms. The summed E-state index contributed by atoms with van der Waals surface area (Å²) >= 11 is 1.34. The Labute approximate surface area is 113 Å². The molecule has 3 rings (SSSR count). The van der Waals surface area contributed by atoms with Gasteiger partial charge in [-0.3, -0.25) is 10.1 Å². The van der Waals surface area contributed by atoms with E-state index in [2.05, 4.69) is 5.32 Å². The summed E-state index contributed by atoms with van der Waals surface area (Å²) in [4.78, 5) is 23.6. The number of anilines is 1. The van der Waals surface area contributed by atoms with E-state index >= 15 is 0 Å². The number of nitrogens with two attached hydrogens (primary N) is 2. The van der Waals surface area contributed by atoms with Crippen molar-refractivity contribution in [2.24, 2.45) is 11.5 Å². The second-order valence-corrected chi connectivity index (χ2v) is 5.32. The molecule has 0 bridgehead atoms. The topological polar surface area (TPSA) is 98.2 Å². The number of benzene rings is 1. The Hall–Kier alpha value is -2.34. The van der Waals surface area contributed by atoms with Crippen LogP contribution in [0.1, 0.15) is 21.5 Å². The highest BCUT2D eigenvalue weighted by Crippen LogP contribution is 2.47. The van der Waals surface area contributed by atoms with E-state index in [0.29, 0.717) is 17.0 Å². The third-order valence-corrected chi connectivity index (χ3v) is 4.30. The quantitative estimate of drug-likeness (QED) is 0.664. The first-order chi connectivity index (χ1) is 9.08. The lowest BCUT2D eigenvalue weighted by molar-refractivity contribution is 0.100. The highest BCUT2D eigenvalue weighted by Gasteiger charge is 2.29. The summed E-state index contributed by atoms with van der Waals surface area (Å²) in [5, 5.41) is 2.90. The number of amides is 3. The van der Waals surface area contributed by atoms with Gasteiger partial charge in [0.05, 0.1) is 5.56 Å². The first kappa shape index (κ1) is 11.7. The summed E-state index contributed by atoms with van der Waals surface area (Å²) in [7, 11) is 0. The number of hydrogen-bond donors (Lipinski definition) is 3. The van der Waals surface area contributed by atoms with Crippen molar-refractivity contribution in [1.29, 1.82) is 0 Å². The molecule has 96 valence electrons. The zero-order valence-corrected chi connectivity index (χ0v) is 10.7. The number of nitrogens with one attached hydrogen (secondary N) is 1. The molecule has 1 heterocycles. The number of hydrogen-bond acceptors (Lipinski definition) is 3. The third-order valence-electron chi connectivity index (χ3n) is 3.12. The van der Waals surface area contributed by atoms with Gasteiger partial charge in [0.2, 0.25) is 0 Å². The fraction of sp³-hybridized carbons (Fsp3) is 0.0769. The molecule has 1 aliphatic carbocycles. The molecule has 0 saturated heterocycles. The molecule has 0 aliphatic heterocycles. The number of carbonyl (C=O) groups is 2. The van der Waals surface area contributed by atoms with Gasteiger partial charge in [-0.25, -0.2) is 4.79 Å². The minimum Gasteiger partial charge on any atom is -0.365 e. The Balaban J connectivity index is 2.19. The number of rotatable bonds is 2. The van der Waals surface area contributed by atoms with Crippen LogP contribution in [0.2, 0.25) is 0 Å². The van der Waals surface area contributed by atoms with Crippen molar-refractivity contribution in [3.63, 3.8) is 0 Å². The van der Waals surface area contributed by atoms with Gasteiger partial charge in [-0.2, -0.15) is 0 Å². The molecular weight excluding hydrogens is 262 g/mol. The average molecular weight is 273 g/mol. The average Bonchev–Trinajstić information content (AvgIpc) is 2.83. The largest absolute Gasteiger partial charge is 0.365 e. The predicted molar refractivity (Wildman–Crippen MR) is 74.3 cm³/mol. The molecule has 0 unspecified atom stereocenters. The molecule has 1 aromatic heterocycles. The van der Waals surface area contributed by atoms with Crippen LogP contribution in [-0.2, 0) is 6.42 Å². The number of carbonyl (C=O) groups excluding carboxylic acids is 2. The Morgan fingerprint density at radius 1 is 1.21 bits per heavy atom. The lowest BCUT2D eigenvalue weighted by atomic mass is 10.1. The maximum absolute atomic E-state index is 11.6. The normalized spacial score (nSPS) is 11.8. The minimum atomic E-state index is -0.698. The molecule has 1 aliphatic rings. The molecule has 0 radical (unpaired) electrons. The maximum atomic E-state index is 11.6. The van der Waals surface area contributed by atoms with Crippen LogP contribution in [-0.4, -0.2) is 11.9 Å². The molecule has 6 heteroatoms. The minimum absolute atomic E-state index is 0.370. The second-order valence-electron chi connectivity index (χ2n) is 4.30. The van der Waals surface area contributed by atoms with Crippen molar-refractivity contribution >= 4 is 28.3 Å². The molecule has 1 aromatic carbocycles. The molecule has 19 heavy (non-hydrogen) atoms. The molecule has 0 fully saturated rings. The molecule has 5 N–H and O–H groups in total. The van der Waals surface area contributed by atoms with E-state index in [0.717, 1.165) is 21.6 Å².